The van der Waals surface area contributed by atoms with Crippen LogP contribution < -0.4 is 31.7 Å². The fraction of sp³-hybridized carbons (Fsp3) is 0.444. The maximum absolute atomic E-state index is 13.3. The van der Waals surface area contributed by atoms with Crippen LogP contribution in [0.2, 0.25) is 0 Å². The van der Waals surface area contributed by atoms with Crippen LogP contribution in [0.3, 0.4) is 0 Å². The molecule has 0 fully saturated rings. The second kappa shape index (κ2) is 17.2. The van der Waals surface area contributed by atoms with E-state index in [0.717, 1.165) is 5.56 Å². The minimum atomic E-state index is -1.05. The largest absolute Gasteiger partial charge is 0.487 e. The van der Waals surface area contributed by atoms with E-state index in [1.807, 2.05) is 6.92 Å². The van der Waals surface area contributed by atoms with Crippen molar-refractivity contribution in [3.8, 4) is 5.75 Å². The average molecular weight is 545 g/mol. The first-order valence-corrected chi connectivity index (χ1v) is 12.5. The molecule has 1 aromatic carbocycles. The molecule has 0 bridgehead atoms. The molecular weight excluding hydrogens is 504 g/mol. The van der Waals surface area contributed by atoms with E-state index in [0.29, 0.717) is 12.2 Å². The smallest absolute Gasteiger partial charge is 0.328 e. The van der Waals surface area contributed by atoms with Gasteiger partial charge < -0.3 is 36.5 Å². The predicted octanol–water partition coefficient (Wildman–Crippen LogP) is 0.669. The Labute approximate surface area is 229 Å². The minimum Gasteiger partial charge on any atom is -0.487 e. The number of nitrogens with two attached hydrogens (primary N) is 1. The number of ether oxygens (including phenoxy) is 2. The zero-order chi connectivity index (χ0) is 29.4. The van der Waals surface area contributed by atoms with Crippen LogP contribution in [-0.2, 0) is 30.3 Å². The highest BCUT2D eigenvalue weighted by molar-refractivity contribution is 5.93. The van der Waals surface area contributed by atoms with Gasteiger partial charge in [0.2, 0.25) is 17.7 Å². The van der Waals surface area contributed by atoms with Gasteiger partial charge in [-0.05, 0) is 43.9 Å². The Morgan fingerprint density at radius 3 is 2.18 bits per heavy atom. The number of guanidine groups is 1. The van der Waals surface area contributed by atoms with Crippen LogP contribution in [0.5, 0.6) is 5.75 Å². The maximum Gasteiger partial charge on any atom is 0.328 e. The number of hydrogen-bond acceptors (Lipinski definition) is 7. The number of benzene rings is 1. The third-order valence-electron chi connectivity index (χ3n) is 5.53. The predicted molar refractivity (Wildman–Crippen MR) is 148 cm³/mol. The van der Waals surface area contributed by atoms with Gasteiger partial charge in [0, 0.05) is 19.9 Å². The molecule has 0 aliphatic carbocycles. The highest BCUT2D eigenvalue weighted by Gasteiger charge is 2.29. The number of esters is 1. The summed E-state index contributed by atoms with van der Waals surface area (Å²) in [5.41, 5.74) is 6.06. The number of hydrogen-bond donors (Lipinski definition) is 6. The van der Waals surface area contributed by atoms with Crippen molar-refractivity contribution in [3.05, 3.63) is 55.1 Å². The minimum absolute atomic E-state index is 0.130. The zero-order valence-electron chi connectivity index (χ0n) is 22.8. The fourth-order valence-electron chi connectivity index (χ4n) is 3.52. The lowest BCUT2D eigenvalue weighted by Gasteiger charge is -2.25. The summed E-state index contributed by atoms with van der Waals surface area (Å²) < 4.78 is 10.4. The van der Waals surface area contributed by atoms with Gasteiger partial charge in [0.15, 0.2) is 5.96 Å². The first-order chi connectivity index (χ1) is 18.5. The SMILES string of the molecule is C=CC[C@@H](NC(=O)[C@@H](CCCNC(=N)N)NC(=O)[C@H](Cc1ccc(O[C@H](C)C=C)cc1)NC(C)=O)C(=O)OC. The number of carbonyl (C=O) groups is 4. The van der Waals surface area contributed by atoms with Crippen LogP contribution in [0.25, 0.3) is 0 Å². The molecule has 0 saturated heterocycles. The fourth-order valence-corrected chi connectivity index (χ4v) is 3.52. The quantitative estimate of drug-likeness (QED) is 0.0543. The summed E-state index contributed by atoms with van der Waals surface area (Å²) in [6.07, 6.45) is 3.78. The topological polar surface area (TPSA) is 185 Å². The van der Waals surface area contributed by atoms with Gasteiger partial charge in [0.25, 0.3) is 0 Å². The highest BCUT2D eigenvalue weighted by Crippen LogP contribution is 2.16. The molecule has 0 heterocycles. The van der Waals surface area contributed by atoms with Crippen LogP contribution >= 0.6 is 0 Å². The molecule has 39 heavy (non-hydrogen) atoms. The Morgan fingerprint density at radius 2 is 1.64 bits per heavy atom. The molecule has 1 aromatic rings. The molecule has 3 amide bonds. The van der Waals surface area contributed by atoms with E-state index in [2.05, 4.69) is 34.4 Å². The summed E-state index contributed by atoms with van der Waals surface area (Å²) in [4.78, 5) is 50.3. The van der Waals surface area contributed by atoms with E-state index < -0.39 is 41.8 Å². The molecule has 12 nitrogen and oxygen atoms in total. The lowest BCUT2D eigenvalue weighted by atomic mass is 10.0. The van der Waals surface area contributed by atoms with Gasteiger partial charge in [0.1, 0.15) is 30.0 Å². The third-order valence-corrected chi connectivity index (χ3v) is 5.53. The lowest BCUT2D eigenvalue weighted by Crippen LogP contribution is -2.56. The third kappa shape index (κ3) is 12.6. The van der Waals surface area contributed by atoms with Crippen molar-refractivity contribution in [3.63, 3.8) is 0 Å². The molecule has 0 aromatic heterocycles. The summed E-state index contributed by atoms with van der Waals surface area (Å²) in [5, 5.41) is 17.8. The van der Waals surface area contributed by atoms with Gasteiger partial charge in [-0.15, -0.1) is 6.58 Å². The van der Waals surface area contributed by atoms with Crippen molar-refractivity contribution in [1.29, 1.82) is 5.41 Å². The van der Waals surface area contributed by atoms with Gasteiger partial charge in [-0.1, -0.05) is 30.9 Å². The molecule has 4 atom stereocenters. The zero-order valence-corrected chi connectivity index (χ0v) is 22.8. The second-order valence-corrected chi connectivity index (χ2v) is 8.81. The Bertz CT molecular complexity index is 1010. The molecule has 12 heteroatoms. The van der Waals surface area contributed by atoms with E-state index in [9.17, 15) is 19.2 Å². The number of methoxy groups -OCH3 is 1. The highest BCUT2D eigenvalue weighted by atomic mass is 16.5. The first kappa shape index (κ1) is 32.7. The van der Waals surface area contributed by atoms with Crippen molar-refractivity contribution in [1.82, 2.24) is 21.3 Å². The van der Waals surface area contributed by atoms with Crippen molar-refractivity contribution in [2.24, 2.45) is 5.73 Å². The monoisotopic (exact) mass is 544 g/mol. The Balaban J connectivity index is 3.06. The van der Waals surface area contributed by atoms with Gasteiger partial charge in [-0.3, -0.25) is 19.8 Å². The summed E-state index contributed by atoms with van der Waals surface area (Å²) in [6.45, 7) is 10.7. The van der Waals surface area contributed by atoms with Crippen LogP contribution in [0.4, 0.5) is 0 Å². The molecular formula is C27H40N6O6. The summed E-state index contributed by atoms with van der Waals surface area (Å²) in [7, 11) is 1.20. The molecule has 0 saturated carbocycles. The van der Waals surface area contributed by atoms with Gasteiger partial charge in [-0.2, -0.15) is 0 Å². The number of amides is 3. The number of nitrogens with one attached hydrogen (secondary N) is 5. The van der Waals surface area contributed by atoms with Gasteiger partial charge in [0.05, 0.1) is 7.11 Å². The Hall–Kier alpha value is -4.35. The number of rotatable bonds is 17. The normalized spacial score (nSPS) is 13.4. The molecule has 7 N–H and O–H groups in total. The Kier molecular flexibility index (Phi) is 14.4. The molecule has 1 rings (SSSR count). The van der Waals surface area contributed by atoms with Crippen LogP contribution in [0.1, 0.15) is 38.7 Å². The molecule has 0 aliphatic rings. The van der Waals surface area contributed by atoms with E-state index in [1.165, 1.54) is 20.1 Å². The molecule has 0 radical (unpaired) electrons. The molecule has 0 spiro atoms. The van der Waals surface area contributed by atoms with Crippen molar-refractivity contribution < 1.29 is 28.7 Å². The molecule has 0 aliphatic heterocycles. The van der Waals surface area contributed by atoms with E-state index in [4.69, 9.17) is 20.6 Å². The second-order valence-electron chi connectivity index (χ2n) is 8.81. The lowest BCUT2D eigenvalue weighted by molar-refractivity contribution is -0.145. The summed E-state index contributed by atoms with van der Waals surface area (Å²) in [6, 6.07) is 4.06. The summed E-state index contributed by atoms with van der Waals surface area (Å²) in [5.74, 6) is -1.86. The average Bonchev–Trinajstić information content (AvgIpc) is 2.89. The van der Waals surface area contributed by atoms with E-state index in [-0.39, 0.29) is 37.9 Å². The number of carbonyl (C=O) groups excluding carboxylic acids is 4. The van der Waals surface area contributed by atoms with Gasteiger partial charge in [-0.25, -0.2) is 4.79 Å². The van der Waals surface area contributed by atoms with Crippen molar-refractivity contribution >= 4 is 29.7 Å². The Morgan fingerprint density at radius 1 is 1.03 bits per heavy atom. The standard InChI is InChI=1S/C27H40N6O6/c1-6-9-22(26(37)38-5)33-24(35)21(10-8-15-30-27(28)29)32-25(36)23(31-18(4)34)16-19-11-13-20(14-12-19)39-17(3)7-2/h6-7,11-14,17,21-23H,1-2,8-10,15-16H2,3-5H3,(H,31,34)(H,32,36)(H,33,35)(H4,28,29,30)/t17-,21-,22-,23+/m1/s1. The van der Waals surface area contributed by atoms with E-state index in [1.54, 1.807) is 30.3 Å². The van der Waals surface area contributed by atoms with Crippen molar-refractivity contribution in [2.75, 3.05) is 13.7 Å². The summed E-state index contributed by atoms with van der Waals surface area (Å²) >= 11 is 0. The van der Waals surface area contributed by atoms with E-state index >= 15 is 0 Å². The van der Waals surface area contributed by atoms with Crippen molar-refractivity contribution in [2.45, 2.75) is 63.8 Å². The van der Waals surface area contributed by atoms with Gasteiger partial charge >= 0.3 is 5.97 Å². The van der Waals surface area contributed by atoms with Crippen LogP contribution in [-0.4, -0.2) is 67.5 Å². The molecule has 0 unspecified atom stereocenters. The van der Waals surface area contributed by atoms with Crippen LogP contribution in [0.15, 0.2) is 49.6 Å². The maximum atomic E-state index is 13.3. The molecule has 214 valence electrons. The first-order valence-electron chi connectivity index (χ1n) is 12.5. The van der Waals surface area contributed by atoms with Crippen LogP contribution in [0, 0.1) is 5.41 Å².